The molecule has 0 unspecified atom stereocenters. The fourth-order valence-electron chi connectivity index (χ4n) is 4.57. The van der Waals surface area contributed by atoms with Gasteiger partial charge in [0.25, 0.3) is 0 Å². The molecule has 4 rings (SSSR count). The molecule has 0 saturated heterocycles. The standard InChI is InChI=1S/2C15H14N2O6/c2*1-15(2,9-3-5-13(18)11(7-9)16(20)21)10-4-6-14(19)12(8-10)17(22)23/h2*3-8,18-19H,1-2H3. The molecule has 16 nitrogen and oxygen atoms in total. The van der Waals surface area contributed by atoms with E-state index in [0.717, 1.165) is 0 Å². The highest BCUT2D eigenvalue weighted by atomic mass is 16.6. The van der Waals surface area contributed by atoms with Crippen LogP contribution in [0, 0.1) is 40.5 Å². The van der Waals surface area contributed by atoms with Crippen molar-refractivity contribution in [3.63, 3.8) is 0 Å². The molecule has 4 aromatic carbocycles. The van der Waals surface area contributed by atoms with E-state index in [9.17, 15) is 60.9 Å². The molecule has 0 bridgehead atoms. The molecule has 0 heterocycles. The molecule has 0 aliphatic rings. The second-order valence-electron chi connectivity index (χ2n) is 11.1. The molecule has 46 heavy (non-hydrogen) atoms. The van der Waals surface area contributed by atoms with Crippen molar-refractivity contribution in [2.75, 3.05) is 0 Å². The fraction of sp³-hybridized carbons (Fsp3) is 0.200. The van der Waals surface area contributed by atoms with Crippen LogP contribution in [-0.4, -0.2) is 40.1 Å². The smallest absolute Gasteiger partial charge is 0.310 e. The van der Waals surface area contributed by atoms with Gasteiger partial charge < -0.3 is 20.4 Å². The van der Waals surface area contributed by atoms with Crippen molar-refractivity contribution < 1.29 is 40.1 Å². The number of nitro groups is 4. The van der Waals surface area contributed by atoms with Gasteiger partial charge in [0.05, 0.1) is 19.7 Å². The van der Waals surface area contributed by atoms with E-state index in [1.165, 1.54) is 72.8 Å². The molecule has 0 aliphatic heterocycles. The maximum Gasteiger partial charge on any atom is 0.310 e. The highest BCUT2D eigenvalue weighted by Crippen LogP contribution is 2.40. The summed E-state index contributed by atoms with van der Waals surface area (Å²) in [5.41, 5.74) is -1.37. The van der Waals surface area contributed by atoms with E-state index in [1.807, 2.05) is 0 Å². The summed E-state index contributed by atoms with van der Waals surface area (Å²) >= 11 is 0. The Balaban J connectivity index is 0.000000250. The molecule has 0 saturated carbocycles. The number of hydrogen-bond donors (Lipinski definition) is 4. The molecule has 0 radical (unpaired) electrons. The zero-order chi connectivity index (χ0) is 34.7. The molecule has 0 atom stereocenters. The van der Waals surface area contributed by atoms with Crippen LogP contribution in [0.25, 0.3) is 0 Å². The van der Waals surface area contributed by atoms with Crippen LogP contribution in [-0.2, 0) is 10.8 Å². The van der Waals surface area contributed by atoms with E-state index < -0.39 is 76.3 Å². The van der Waals surface area contributed by atoms with Gasteiger partial charge >= 0.3 is 22.7 Å². The summed E-state index contributed by atoms with van der Waals surface area (Å²) < 4.78 is 0. The summed E-state index contributed by atoms with van der Waals surface area (Å²) in [4.78, 5) is 41.0. The van der Waals surface area contributed by atoms with E-state index in [2.05, 4.69) is 0 Å². The molecule has 0 fully saturated rings. The van der Waals surface area contributed by atoms with Crippen LogP contribution < -0.4 is 0 Å². The maximum atomic E-state index is 10.9. The minimum absolute atomic E-state index is 0.441. The molecule has 0 spiro atoms. The van der Waals surface area contributed by atoms with Crippen molar-refractivity contribution in [1.82, 2.24) is 0 Å². The van der Waals surface area contributed by atoms with Crippen LogP contribution in [0.5, 0.6) is 23.0 Å². The predicted molar refractivity (Wildman–Crippen MR) is 163 cm³/mol. The topological polar surface area (TPSA) is 253 Å². The average Bonchev–Trinajstić information content (AvgIpc) is 2.97. The number of benzene rings is 4. The second kappa shape index (κ2) is 12.7. The summed E-state index contributed by atoms with van der Waals surface area (Å²) in [6.45, 7) is 6.94. The minimum atomic E-state index is -0.809. The minimum Gasteiger partial charge on any atom is -0.502 e. The maximum absolute atomic E-state index is 10.9. The van der Waals surface area contributed by atoms with Crippen LogP contribution in [0.3, 0.4) is 0 Å². The van der Waals surface area contributed by atoms with Gasteiger partial charge in [0.15, 0.2) is 23.0 Å². The Kier molecular flexibility index (Phi) is 9.46. The van der Waals surface area contributed by atoms with Crippen molar-refractivity contribution in [2.24, 2.45) is 0 Å². The van der Waals surface area contributed by atoms with Gasteiger partial charge in [-0.2, -0.15) is 0 Å². The zero-order valence-electron chi connectivity index (χ0n) is 24.8. The van der Waals surface area contributed by atoms with Crippen LogP contribution in [0.15, 0.2) is 72.8 Å². The van der Waals surface area contributed by atoms with E-state index in [-0.39, 0.29) is 0 Å². The lowest BCUT2D eigenvalue weighted by atomic mass is 9.78. The lowest BCUT2D eigenvalue weighted by molar-refractivity contribution is -0.386. The highest BCUT2D eigenvalue weighted by molar-refractivity contribution is 5.56. The number of phenols is 4. The number of phenolic OH excluding ortho intramolecular Hbond substituents is 4. The fourth-order valence-corrected chi connectivity index (χ4v) is 4.57. The molecule has 0 aliphatic carbocycles. The molecule has 0 amide bonds. The third-order valence-electron chi connectivity index (χ3n) is 7.58. The van der Waals surface area contributed by atoms with E-state index in [4.69, 9.17) is 0 Å². The summed E-state index contributed by atoms with van der Waals surface area (Å²) in [5, 5.41) is 81.9. The first-order valence-corrected chi connectivity index (χ1v) is 13.2. The third kappa shape index (κ3) is 6.91. The largest absolute Gasteiger partial charge is 0.502 e. The number of aromatic hydroxyl groups is 4. The SMILES string of the molecule is CC(C)(c1ccc(O)c([N+](=O)[O-])c1)c1ccc(O)c([N+](=O)[O-])c1.CC(C)(c1ccc(O)c([N+](=O)[O-])c1)c1ccc(O)c([N+](=O)[O-])c1. The number of rotatable bonds is 8. The van der Waals surface area contributed by atoms with Crippen molar-refractivity contribution in [1.29, 1.82) is 0 Å². The third-order valence-corrected chi connectivity index (χ3v) is 7.58. The van der Waals surface area contributed by atoms with Gasteiger partial charge in [-0.25, -0.2) is 0 Å². The molecule has 4 aromatic rings. The predicted octanol–water partition coefficient (Wildman–Crippen LogP) is 6.48. The first-order valence-electron chi connectivity index (χ1n) is 13.2. The Hall–Kier alpha value is -6.32. The summed E-state index contributed by atoms with van der Waals surface area (Å²) in [6.07, 6.45) is 0. The number of nitro benzene ring substituents is 4. The van der Waals surface area contributed by atoms with Crippen molar-refractivity contribution in [3.8, 4) is 23.0 Å². The number of hydrogen-bond acceptors (Lipinski definition) is 12. The average molecular weight is 637 g/mol. The lowest BCUT2D eigenvalue weighted by Gasteiger charge is -2.26. The Labute approximate surface area is 260 Å². The van der Waals surface area contributed by atoms with Gasteiger partial charge in [0.1, 0.15) is 0 Å². The van der Waals surface area contributed by atoms with Gasteiger partial charge in [0.2, 0.25) is 0 Å². The van der Waals surface area contributed by atoms with Gasteiger partial charge in [0, 0.05) is 35.1 Å². The Bertz CT molecular complexity index is 1610. The van der Waals surface area contributed by atoms with E-state index >= 15 is 0 Å². The summed E-state index contributed by atoms with van der Waals surface area (Å²) in [5.74, 6) is -1.81. The van der Waals surface area contributed by atoms with Crippen LogP contribution in [0.2, 0.25) is 0 Å². The lowest BCUT2D eigenvalue weighted by Crippen LogP contribution is -2.19. The highest BCUT2D eigenvalue weighted by Gasteiger charge is 2.30. The summed E-state index contributed by atoms with van der Waals surface area (Å²) in [6, 6.07) is 15.8. The second-order valence-corrected chi connectivity index (χ2v) is 11.1. The first-order chi connectivity index (χ1) is 21.3. The number of nitrogens with zero attached hydrogens (tertiary/aromatic N) is 4. The van der Waals surface area contributed by atoms with Crippen LogP contribution >= 0.6 is 0 Å². The molecular formula is C30H28N4O12. The molecule has 240 valence electrons. The van der Waals surface area contributed by atoms with Crippen molar-refractivity contribution in [3.05, 3.63) is 136 Å². The summed E-state index contributed by atoms with van der Waals surface area (Å²) in [7, 11) is 0. The first kappa shape index (κ1) is 34.2. The van der Waals surface area contributed by atoms with Gasteiger partial charge in [-0.3, -0.25) is 40.5 Å². The van der Waals surface area contributed by atoms with Gasteiger partial charge in [-0.15, -0.1) is 0 Å². The quantitative estimate of drug-likeness (QED) is 0.120. The monoisotopic (exact) mass is 636 g/mol. The molecular weight excluding hydrogens is 608 g/mol. The van der Waals surface area contributed by atoms with Gasteiger partial charge in [-0.1, -0.05) is 52.0 Å². The van der Waals surface area contributed by atoms with Crippen molar-refractivity contribution >= 4 is 22.7 Å². The molecule has 16 heteroatoms. The Morgan fingerprint density at radius 2 is 0.587 bits per heavy atom. The molecule has 4 N–H and O–H groups in total. The van der Waals surface area contributed by atoms with Gasteiger partial charge in [-0.05, 0) is 46.5 Å². The zero-order valence-corrected chi connectivity index (χ0v) is 24.8. The van der Waals surface area contributed by atoms with E-state index in [1.54, 1.807) is 27.7 Å². The van der Waals surface area contributed by atoms with E-state index in [0.29, 0.717) is 22.3 Å². The van der Waals surface area contributed by atoms with Crippen LogP contribution in [0.4, 0.5) is 22.7 Å². The Morgan fingerprint density at radius 1 is 0.413 bits per heavy atom. The molecule has 0 aromatic heterocycles. The van der Waals surface area contributed by atoms with Crippen molar-refractivity contribution in [2.45, 2.75) is 38.5 Å². The van der Waals surface area contributed by atoms with Crippen LogP contribution in [0.1, 0.15) is 49.9 Å². The Morgan fingerprint density at radius 3 is 0.739 bits per heavy atom. The normalized spacial score (nSPS) is 11.2.